The maximum absolute atomic E-state index is 13.2. The van der Waals surface area contributed by atoms with Gasteiger partial charge in [0, 0.05) is 5.56 Å². The minimum Gasteiger partial charge on any atom is -0.307 e. The van der Waals surface area contributed by atoms with E-state index < -0.39 is 11.7 Å². The molecule has 1 amide bonds. The zero-order chi connectivity index (χ0) is 12.4. The summed E-state index contributed by atoms with van der Waals surface area (Å²) >= 11 is 5.71. The monoisotopic (exact) mass is 253 g/mol. The second-order valence-corrected chi connectivity index (χ2v) is 3.86. The van der Waals surface area contributed by atoms with Crippen molar-refractivity contribution in [2.45, 2.75) is 6.92 Å². The Labute approximate surface area is 102 Å². The lowest BCUT2D eigenvalue weighted by Gasteiger charge is -2.05. The van der Waals surface area contributed by atoms with Crippen molar-refractivity contribution in [3.8, 4) is 0 Å². The number of anilines is 1. The number of aryl methyl sites for hydroxylation is 1. The molecule has 0 aliphatic carbocycles. The van der Waals surface area contributed by atoms with Gasteiger partial charge in [0.1, 0.15) is 11.6 Å². The van der Waals surface area contributed by atoms with Crippen LogP contribution >= 0.6 is 11.6 Å². The molecule has 1 aromatic carbocycles. The molecule has 0 atom stereocenters. The summed E-state index contributed by atoms with van der Waals surface area (Å²) in [5.41, 5.74) is 0.867. The van der Waals surface area contributed by atoms with Crippen molar-refractivity contribution in [2.24, 2.45) is 0 Å². The molecular formula is C11H9ClFN3O. The number of carbonyl (C=O) groups is 1. The number of halogens is 2. The lowest BCUT2D eigenvalue weighted by atomic mass is 10.2. The highest BCUT2D eigenvalue weighted by Crippen LogP contribution is 2.21. The number of H-pyrrole nitrogens is 1. The zero-order valence-corrected chi connectivity index (χ0v) is 9.68. The minimum atomic E-state index is -0.624. The molecule has 1 aromatic heterocycles. The van der Waals surface area contributed by atoms with E-state index in [1.54, 1.807) is 13.1 Å². The molecule has 88 valence electrons. The van der Waals surface area contributed by atoms with Crippen molar-refractivity contribution >= 4 is 23.3 Å². The van der Waals surface area contributed by atoms with Gasteiger partial charge in [0.2, 0.25) is 0 Å². The van der Waals surface area contributed by atoms with Crippen molar-refractivity contribution in [1.29, 1.82) is 0 Å². The van der Waals surface area contributed by atoms with Gasteiger partial charge in [0.15, 0.2) is 0 Å². The van der Waals surface area contributed by atoms with Crippen LogP contribution in [-0.2, 0) is 0 Å². The van der Waals surface area contributed by atoms with E-state index in [4.69, 9.17) is 11.6 Å². The lowest BCUT2D eigenvalue weighted by molar-refractivity contribution is 0.102. The van der Waals surface area contributed by atoms with Gasteiger partial charge < -0.3 is 5.32 Å². The van der Waals surface area contributed by atoms with Crippen molar-refractivity contribution in [1.82, 2.24) is 10.2 Å². The van der Waals surface area contributed by atoms with E-state index in [0.717, 1.165) is 5.56 Å². The lowest BCUT2D eigenvalue weighted by Crippen LogP contribution is -2.13. The van der Waals surface area contributed by atoms with Gasteiger partial charge in [-0.1, -0.05) is 17.7 Å². The molecule has 0 bridgehead atoms. The number of carbonyl (C=O) groups excluding carboxylic acids is 1. The molecular weight excluding hydrogens is 245 g/mol. The Bertz CT molecular complexity index is 568. The Morgan fingerprint density at radius 2 is 2.29 bits per heavy atom. The number of aromatic nitrogens is 2. The van der Waals surface area contributed by atoms with Gasteiger partial charge in [0.05, 0.1) is 16.8 Å². The molecule has 17 heavy (non-hydrogen) atoms. The first-order valence-corrected chi connectivity index (χ1v) is 5.22. The van der Waals surface area contributed by atoms with Crippen molar-refractivity contribution in [2.75, 3.05) is 5.32 Å². The second kappa shape index (κ2) is 4.55. The Kier molecular flexibility index (Phi) is 3.10. The van der Waals surface area contributed by atoms with Crippen molar-refractivity contribution in [3.63, 3.8) is 0 Å². The summed E-state index contributed by atoms with van der Waals surface area (Å²) in [5.74, 6) is -0.641. The molecule has 0 fully saturated rings. The van der Waals surface area contributed by atoms with E-state index in [0.29, 0.717) is 5.82 Å². The minimum absolute atomic E-state index is 0.0840. The Morgan fingerprint density at radius 3 is 2.94 bits per heavy atom. The summed E-state index contributed by atoms with van der Waals surface area (Å²) < 4.78 is 13.2. The van der Waals surface area contributed by atoms with Crippen LogP contribution in [0.15, 0.2) is 24.4 Å². The third-order valence-electron chi connectivity index (χ3n) is 2.26. The number of aromatic amines is 1. The highest BCUT2D eigenvalue weighted by Gasteiger charge is 2.14. The van der Waals surface area contributed by atoms with Gasteiger partial charge >= 0.3 is 0 Å². The zero-order valence-electron chi connectivity index (χ0n) is 8.92. The third kappa shape index (κ3) is 2.29. The van der Waals surface area contributed by atoms with Crippen LogP contribution in [-0.4, -0.2) is 16.1 Å². The van der Waals surface area contributed by atoms with E-state index in [1.807, 2.05) is 0 Å². The number of rotatable bonds is 2. The van der Waals surface area contributed by atoms with E-state index in [9.17, 15) is 9.18 Å². The molecule has 0 unspecified atom stereocenters. The topological polar surface area (TPSA) is 57.8 Å². The number of hydrogen-bond donors (Lipinski definition) is 2. The molecule has 1 heterocycles. The van der Waals surface area contributed by atoms with Crippen LogP contribution in [0.5, 0.6) is 0 Å². The predicted octanol–water partition coefficient (Wildman–Crippen LogP) is 2.76. The first kappa shape index (κ1) is 11.6. The Balaban J connectivity index is 2.27. The summed E-state index contributed by atoms with van der Waals surface area (Å²) in [6.07, 6.45) is 1.57. The first-order valence-electron chi connectivity index (χ1n) is 4.85. The fraction of sp³-hybridized carbons (Fsp3) is 0.0909. The van der Waals surface area contributed by atoms with Gasteiger partial charge in [-0.3, -0.25) is 9.89 Å². The number of nitrogens with one attached hydrogen (secondary N) is 2. The number of nitrogens with zero attached hydrogens (tertiary/aromatic N) is 1. The van der Waals surface area contributed by atoms with Crippen LogP contribution < -0.4 is 5.32 Å². The normalized spacial score (nSPS) is 10.3. The molecule has 0 saturated carbocycles. The SMILES string of the molecule is Cc1cn[nH]c1NC(=O)c1cccc(F)c1Cl. The van der Waals surface area contributed by atoms with Gasteiger partial charge in [-0.15, -0.1) is 0 Å². The summed E-state index contributed by atoms with van der Waals surface area (Å²) in [7, 11) is 0. The maximum Gasteiger partial charge on any atom is 0.258 e. The number of hydrogen-bond acceptors (Lipinski definition) is 2. The molecule has 6 heteroatoms. The molecule has 0 radical (unpaired) electrons. The highest BCUT2D eigenvalue weighted by atomic mass is 35.5. The molecule has 2 N–H and O–H groups in total. The molecule has 4 nitrogen and oxygen atoms in total. The van der Waals surface area contributed by atoms with Crippen LogP contribution in [0.4, 0.5) is 10.2 Å². The van der Waals surface area contributed by atoms with E-state index in [1.165, 1.54) is 18.2 Å². The maximum atomic E-state index is 13.2. The van der Waals surface area contributed by atoms with Crippen LogP contribution in [0, 0.1) is 12.7 Å². The van der Waals surface area contributed by atoms with Crippen LogP contribution in [0.2, 0.25) is 5.02 Å². The van der Waals surface area contributed by atoms with Crippen LogP contribution in [0.25, 0.3) is 0 Å². The second-order valence-electron chi connectivity index (χ2n) is 3.48. The van der Waals surface area contributed by atoms with Crippen molar-refractivity contribution < 1.29 is 9.18 Å². The van der Waals surface area contributed by atoms with Gasteiger partial charge in [-0.2, -0.15) is 5.10 Å². The van der Waals surface area contributed by atoms with Crippen LogP contribution in [0.3, 0.4) is 0 Å². The Morgan fingerprint density at radius 1 is 1.53 bits per heavy atom. The van der Waals surface area contributed by atoms with Crippen LogP contribution in [0.1, 0.15) is 15.9 Å². The molecule has 0 aliphatic heterocycles. The molecule has 0 saturated heterocycles. The number of amides is 1. The van der Waals surface area contributed by atoms with Gasteiger partial charge in [-0.05, 0) is 19.1 Å². The largest absolute Gasteiger partial charge is 0.307 e. The fourth-order valence-corrected chi connectivity index (χ4v) is 1.54. The third-order valence-corrected chi connectivity index (χ3v) is 2.65. The van der Waals surface area contributed by atoms with Crippen molar-refractivity contribution in [3.05, 3.63) is 46.4 Å². The average molecular weight is 254 g/mol. The van der Waals surface area contributed by atoms with Gasteiger partial charge in [-0.25, -0.2) is 4.39 Å². The summed E-state index contributed by atoms with van der Waals surface area (Å²) in [4.78, 5) is 11.8. The molecule has 0 aliphatic rings. The van der Waals surface area contributed by atoms with Gasteiger partial charge in [0.25, 0.3) is 5.91 Å². The highest BCUT2D eigenvalue weighted by molar-refractivity contribution is 6.34. The number of benzene rings is 1. The van der Waals surface area contributed by atoms with E-state index in [-0.39, 0.29) is 10.6 Å². The van der Waals surface area contributed by atoms with E-state index >= 15 is 0 Å². The predicted molar refractivity (Wildman–Crippen MR) is 62.7 cm³/mol. The molecule has 2 rings (SSSR count). The molecule has 0 spiro atoms. The summed E-state index contributed by atoms with van der Waals surface area (Å²) in [6, 6.07) is 4.07. The quantitative estimate of drug-likeness (QED) is 0.865. The standard InChI is InChI=1S/C11H9ClFN3O/c1-6-5-14-16-10(6)15-11(17)7-3-2-4-8(13)9(7)12/h2-5H,1H3,(H2,14,15,16,17). The summed E-state index contributed by atoms with van der Waals surface area (Å²) in [5, 5.41) is 8.76. The first-order chi connectivity index (χ1) is 8.09. The van der Waals surface area contributed by atoms with E-state index in [2.05, 4.69) is 15.5 Å². The summed E-state index contributed by atoms with van der Waals surface area (Å²) in [6.45, 7) is 1.78. The smallest absolute Gasteiger partial charge is 0.258 e. The Hall–Kier alpha value is -1.88. The fourth-order valence-electron chi connectivity index (χ4n) is 1.33. The average Bonchev–Trinajstić information content (AvgIpc) is 2.68. The molecule has 2 aromatic rings.